The summed E-state index contributed by atoms with van der Waals surface area (Å²) in [6.07, 6.45) is 0. The molecule has 0 unspecified atom stereocenters. The first-order valence-electron chi connectivity index (χ1n) is 8.69. The minimum atomic E-state index is -0.570. The van der Waals surface area contributed by atoms with Gasteiger partial charge in [-0.2, -0.15) is 0 Å². The van der Waals surface area contributed by atoms with Crippen LogP contribution in [0.2, 0.25) is 5.02 Å². The number of benzene rings is 3. The average molecular weight is 413 g/mol. The molecule has 0 fully saturated rings. The van der Waals surface area contributed by atoms with Gasteiger partial charge in [-0.05, 0) is 54.6 Å². The van der Waals surface area contributed by atoms with Crippen molar-refractivity contribution in [1.29, 1.82) is 0 Å². The molecular formula is C22H18ClFN2O3. The summed E-state index contributed by atoms with van der Waals surface area (Å²) in [6, 6.07) is 17.3. The Morgan fingerprint density at radius 3 is 2.28 bits per heavy atom. The molecule has 7 heteroatoms. The summed E-state index contributed by atoms with van der Waals surface area (Å²) in [6.45, 7) is -0.137. The van der Waals surface area contributed by atoms with Crippen molar-refractivity contribution in [3.63, 3.8) is 0 Å². The number of anilines is 2. The fraction of sp³-hybridized carbons (Fsp3) is 0.0909. The molecule has 2 N–H and O–H groups in total. The van der Waals surface area contributed by atoms with E-state index in [-0.39, 0.29) is 22.9 Å². The fourth-order valence-electron chi connectivity index (χ4n) is 2.94. The number of ketones is 1. The Bertz CT molecular complexity index is 1050. The highest BCUT2D eigenvalue weighted by atomic mass is 35.5. The van der Waals surface area contributed by atoms with E-state index >= 15 is 0 Å². The second-order valence-electron chi connectivity index (χ2n) is 6.22. The zero-order chi connectivity index (χ0) is 21.0. The number of ether oxygens (including phenoxy) is 1. The number of rotatable bonds is 7. The Kier molecular flexibility index (Phi) is 6.14. The molecule has 0 aromatic heterocycles. The lowest BCUT2D eigenvalue weighted by Gasteiger charge is -2.24. The lowest BCUT2D eigenvalue weighted by atomic mass is 10.0. The Morgan fingerprint density at radius 2 is 1.66 bits per heavy atom. The number of halogens is 2. The molecule has 0 bridgehead atoms. The van der Waals surface area contributed by atoms with Crippen LogP contribution in [0.1, 0.15) is 15.9 Å². The summed E-state index contributed by atoms with van der Waals surface area (Å²) in [5.74, 6) is -0.815. The summed E-state index contributed by atoms with van der Waals surface area (Å²) >= 11 is 6.40. The van der Waals surface area contributed by atoms with Crippen molar-refractivity contribution in [1.82, 2.24) is 0 Å². The second-order valence-corrected chi connectivity index (χ2v) is 6.63. The Morgan fingerprint density at radius 1 is 1.00 bits per heavy atom. The quantitative estimate of drug-likeness (QED) is 0.586. The number of nitrogens with zero attached hydrogens (tertiary/aromatic N) is 1. The van der Waals surface area contributed by atoms with Crippen LogP contribution < -0.4 is 15.4 Å². The maximum atomic E-state index is 13.3. The molecule has 148 valence electrons. The number of carbonyl (C=O) groups excluding carboxylic acids is 2. The van der Waals surface area contributed by atoms with Crippen molar-refractivity contribution < 1.29 is 18.7 Å². The first-order valence-corrected chi connectivity index (χ1v) is 9.07. The van der Waals surface area contributed by atoms with Crippen molar-refractivity contribution >= 4 is 34.7 Å². The molecule has 0 spiro atoms. The molecule has 0 heterocycles. The molecule has 0 aliphatic rings. The van der Waals surface area contributed by atoms with Gasteiger partial charge >= 0.3 is 0 Å². The van der Waals surface area contributed by atoms with Crippen LogP contribution >= 0.6 is 11.6 Å². The maximum Gasteiger partial charge on any atom is 0.237 e. The van der Waals surface area contributed by atoms with Gasteiger partial charge in [0.05, 0.1) is 17.7 Å². The second kappa shape index (κ2) is 8.75. The number of para-hydroxylation sites is 1. The van der Waals surface area contributed by atoms with E-state index in [1.54, 1.807) is 47.4 Å². The number of hydrogen-bond donors (Lipinski definition) is 1. The highest BCUT2D eigenvalue weighted by Gasteiger charge is 2.19. The van der Waals surface area contributed by atoms with E-state index in [0.29, 0.717) is 22.7 Å². The minimum absolute atomic E-state index is 0.137. The predicted molar refractivity (Wildman–Crippen MR) is 110 cm³/mol. The van der Waals surface area contributed by atoms with Crippen LogP contribution in [-0.2, 0) is 4.79 Å². The molecule has 0 aliphatic carbocycles. The molecule has 0 saturated heterocycles. The van der Waals surface area contributed by atoms with Gasteiger partial charge in [0.2, 0.25) is 5.91 Å². The van der Waals surface area contributed by atoms with E-state index in [0.717, 1.165) is 0 Å². The Hall–Kier alpha value is -3.38. The fourth-order valence-corrected chi connectivity index (χ4v) is 3.20. The first-order chi connectivity index (χ1) is 13.9. The number of primary amides is 1. The largest absolute Gasteiger partial charge is 0.496 e. The standard InChI is InChI=1S/C22H18ClFN2O3/c1-29-20-5-3-2-4-18(20)22(28)17-11-10-16(12-19(17)23)26(13-21(25)27)15-8-6-14(24)7-9-15/h2-12H,13H2,1H3,(H2,25,27). The van der Waals surface area contributed by atoms with Crippen LogP contribution in [0.25, 0.3) is 0 Å². The van der Waals surface area contributed by atoms with Gasteiger partial charge in [0.15, 0.2) is 5.78 Å². The lowest BCUT2D eigenvalue weighted by molar-refractivity contribution is -0.116. The van der Waals surface area contributed by atoms with Crippen LogP contribution in [0.4, 0.5) is 15.8 Å². The van der Waals surface area contributed by atoms with Gasteiger partial charge in [0.25, 0.3) is 0 Å². The zero-order valence-corrected chi connectivity index (χ0v) is 16.3. The van der Waals surface area contributed by atoms with E-state index in [4.69, 9.17) is 22.1 Å². The monoisotopic (exact) mass is 412 g/mol. The van der Waals surface area contributed by atoms with Crippen molar-refractivity contribution in [2.24, 2.45) is 5.73 Å². The summed E-state index contributed by atoms with van der Waals surface area (Å²) < 4.78 is 18.5. The van der Waals surface area contributed by atoms with Crippen molar-refractivity contribution in [3.05, 3.63) is 88.7 Å². The summed E-state index contributed by atoms with van der Waals surface area (Å²) in [5.41, 5.74) is 7.14. The minimum Gasteiger partial charge on any atom is -0.496 e. The van der Waals surface area contributed by atoms with Crippen molar-refractivity contribution in [2.45, 2.75) is 0 Å². The molecule has 5 nitrogen and oxygen atoms in total. The number of carbonyl (C=O) groups is 2. The topological polar surface area (TPSA) is 72.6 Å². The number of amides is 1. The molecule has 3 aromatic carbocycles. The van der Waals surface area contributed by atoms with Crippen LogP contribution in [0.15, 0.2) is 66.7 Å². The molecule has 0 atom stereocenters. The van der Waals surface area contributed by atoms with E-state index < -0.39 is 11.7 Å². The molecule has 29 heavy (non-hydrogen) atoms. The Labute approximate surface area is 172 Å². The molecule has 0 radical (unpaired) electrons. The highest BCUT2D eigenvalue weighted by molar-refractivity contribution is 6.35. The first kappa shape index (κ1) is 20.4. The van der Waals surface area contributed by atoms with Gasteiger partial charge in [-0.1, -0.05) is 23.7 Å². The van der Waals surface area contributed by atoms with Gasteiger partial charge in [-0.15, -0.1) is 0 Å². The van der Waals surface area contributed by atoms with Gasteiger partial charge < -0.3 is 15.4 Å². The maximum absolute atomic E-state index is 13.3. The van der Waals surface area contributed by atoms with Gasteiger partial charge in [0.1, 0.15) is 18.1 Å². The van der Waals surface area contributed by atoms with Gasteiger partial charge in [0, 0.05) is 16.9 Å². The van der Waals surface area contributed by atoms with Crippen LogP contribution in [0.5, 0.6) is 5.75 Å². The van der Waals surface area contributed by atoms with E-state index in [1.807, 2.05) is 0 Å². The summed E-state index contributed by atoms with van der Waals surface area (Å²) in [4.78, 5) is 26.1. The van der Waals surface area contributed by atoms with Crippen LogP contribution in [0, 0.1) is 5.82 Å². The normalized spacial score (nSPS) is 10.4. The number of hydrogen-bond acceptors (Lipinski definition) is 4. The van der Waals surface area contributed by atoms with Crippen molar-refractivity contribution in [2.75, 3.05) is 18.6 Å². The third kappa shape index (κ3) is 4.55. The Balaban J connectivity index is 1.99. The van der Waals surface area contributed by atoms with Gasteiger partial charge in [-0.25, -0.2) is 4.39 Å². The smallest absolute Gasteiger partial charge is 0.237 e. The van der Waals surface area contributed by atoms with E-state index in [9.17, 15) is 14.0 Å². The summed E-state index contributed by atoms with van der Waals surface area (Å²) in [5, 5.41) is 0.204. The molecule has 1 amide bonds. The molecule has 0 saturated carbocycles. The molecular weight excluding hydrogens is 395 g/mol. The number of methoxy groups -OCH3 is 1. The van der Waals surface area contributed by atoms with Crippen LogP contribution in [0.3, 0.4) is 0 Å². The predicted octanol–water partition coefficient (Wildman–Crippen LogP) is 4.34. The average Bonchev–Trinajstić information content (AvgIpc) is 2.72. The van der Waals surface area contributed by atoms with E-state index in [2.05, 4.69) is 0 Å². The molecule has 3 aromatic rings. The zero-order valence-electron chi connectivity index (χ0n) is 15.6. The van der Waals surface area contributed by atoms with Gasteiger partial charge in [-0.3, -0.25) is 9.59 Å². The van der Waals surface area contributed by atoms with E-state index in [1.165, 1.54) is 31.4 Å². The summed E-state index contributed by atoms with van der Waals surface area (Å²) in [7, 11) is 1.49. The lowest BCUT2D eigenvalue weighted by Crippen LogP contribution is -2.30. The highest BCUT2D eigenvalue weighted by Crippen LogP contribution is 2.31. The third-order valence-corrected chi connectivity index (χ3v) is 4.63. The van der Waals surface area contributed by atoms with Crippen molar-refractivity contribution in [3.8, 4) is 5.75 Å². The van der Waals surface area contributed by atoms with Crippen LogP contribution in [-0.4, -0.2) is 25.3 Å². The molecule has 3 rings (SSSR count). The third-order valence-electron chi connectivity index (χ3n) is 4.31. The SMILES string of the molecule is COc1ccccc1C(=O)c1ccc(N(CC(N)=O)c2ccc(F)cc2)cc1Cl. The molecule has 0 aliphatic heterocycles. The number of nitrogens with two attached hydrogens (primary N) is 1.